The molecule has 3 aromatic rings. The summed E-state index contributed by atoms with van der Waals surface area (Å²) in [7, 11) is 0. The molecule has 1 aliphatic rings. The van der Waals surface area contributed by atoms with Crippen LogP contribution >= 0.6 is 46.1 Å². The van der Waals surface area contributed by atoms with Gasteiger partial charge in [-0.1, -0.05) is 46.9 Å². The summed E-state index contributed by atoms with van der Waals surface area (Å²) in [5.41, 5.74) is 2.90. The van der Waals surface area contributed by atoms with Gasteiger partial charge in [-0.2, -0.15) is 5.26 Å². The number of nitrogens with one attached hydrogen (secondary N) is 1. The summed E-state index contributed by atoms with van der Waals surface area (Å²) in [6.45, 7) is 0. The van der Waals surface area contributed by atoms with Crippen LogP contribution in [0.25, 0.3) is 22.4 Å². The van der Waals surface area contributed by atoms with Crippen LogP contribution in [-0.2, 0) is 4.79 Å². The van der Waals surface area contributed by atoms with Gasteiger partial charge in [0, 0.05) is 26.6 Å². The van der Waals surface area contributed by atoms with Gasteiger partial charge >= 0.3 is 0 Å². The van der Waals surface area contributed by atoms with Crippen molar-refractivity contribution < 1.29 is 4.79 Å². The molecule has 8 heteroatoms. The molecule has 2 heterocycles. The van der Waals surface area contributed by atoms with Gasteiger partial charge in [-0.25, -0.2) is 4.98 Å². The summed E-state index contributed by atoms with van der Waals surface area (Å²) in [6.07, 6.45) is 0. The summed E-state index contributed by atoms with van der Waals surface area (Å²) >= 11 is 19.4. The van der Waals surface area contributed by atoms with Crippen LogP contribution in [0.15, 0.2) is 41.8 Å². The van der Waals surface area contributed by atoms with Gasteiger partial charge in [0.05, 0.1) is 22.0 Å². The van der Waals surface area contributed by atoms with Crippen molar-refractivity contribution >= 4 is 68.9 Å². The quantitative estimate of drug-likeness (QED) is 0.390. The number of fused-ring (bicyclic) bond motifs is 1. The molecule has 1 aromatic heterocycles. The van der Waals surface area contributed by atoms with Gasteiger partial charge in [0.25, 0.3) is 5.91 Å². The van der Waals surface area contributed by atoms with Crippen LogP contribution in [0.5, 0.6) is 0 Å². The third-order valence-electron chi connectivity index (χ3n) is 4.01. The summed E-state index contributed by atoms with van der Waals surface area (Å²) in [6, 6.07) is 12.5. The van der Waals surface area contributed by atoms with Crippen LogP contribution in [0.4, 0.5) is 5.69 Å². The van der Waals surface area contributed by atoms with Crippen molar-refractivity contribution in [1.82, 2.24) is 4.98 Å². The Morgan fingerprint density at radius 1 is 1.11 bits per heavy atom. The lowest BCUT2D eigenvalue weighted by molar-refractivity contribution is -0.110. The van der Waals surface area contributed by atoms with Gasteiger partial charge in [0.1, 0.15) is 16.6 Å². The van der Waals surface area contributed by atoms with Crippen LogP contribution in [0.1, 0.15) is 10.6 Å². The van der Waals surface area contributed by atoms with Crippen LogP contribution < -0.4 is 5.32 Å². The summed E-state index contributed by atoms with van der Waals surface area (Å²) in [5, 5.41) is 16.0. The molecule has 132 valence electrons. The van der Waals surface area contributed by atoms with E-state index in [2.05, 4.69) is 16.4 Å². The van der Waals surface area contributed by atoms with Crippen molar-refractivity contribution in [2.75, 3.05) is 5.32 Å². The molecule has 0 aliphatic carbocycles. The second-order valence-corrected chi connectivity index (χ2v) is 7.81. The highest BCUT2D eigenvalue weighted by Gasteiger charge is 2.31. The first-order valence-corrected chi connectivity index (χ1v) is 9.66. The minimum Gasteiger partial charge on any atom is -0.320 e. The molecule has 0 fully saturated rings. The molecule has 0 bridgehead atoms. The number of nitrogens with zero attached hydrogens (tertiary/aromatic N) is 2. The lowest BCUT2D eigenvalue weighted by Crippen LogP contribution is -2.05. The number of thiazole rings is 1. The monoisotopic (exact) mass is 431 g/mol. The van der Waals surface area contributed by atoms with Gasteiger partial charge in [-0.3, -0.25) is 4.79 Å². The maximum atomic E-state index is 12.5. The van der Waals surface area contributed by atoms with Gasteiger partial charge in [0.15, 0.2) is 0 Å². The highest BCUT2D eigenvalue weighted by molar-refractivity contribution is 7.11. The van der Waals surface area contributed by atoms with E-state index >= 15 is 0 Å². The Kier molecular flexibility index (Phi) is 4.67. The maximum Gasteiger partial charge on any atom is 0.257 e. The Morgan fingerprint density at radius 2 is 1.85 bits per heavy atom. The molecule has 1 aliphatic heterocycles. The largest absolute Gasteiger partial charge is 0.320 e. The second-order valence-electron chi connectivity index (χ2n) is 5.67. The fourth-order valence-electron chi connectivity index (χ4n) is 2.80. The van der Waals surface area contributed by atoms with E-state index in [1.807, 2.05) is 17.5 Å². The number of carbonyl (C=O) groups excluding carboxylic acids is 1. The number of nitriles is 1. The molecule has 4 nitrogen and oxygen atoms in total. The molecule has 0 saturated carbocycles. The normalized spacial score (nSPS) is 14.5. The fourth-order valence-corrected chi connectivity index (χ4v) is 4.29. The van der Waals surface area contributed by atoms with E-state index < -0.39 is 5.91 Å². The summed E-state index contributed by atoms with van der Waals surface area (Å²) in [4.78, 5) is 17.1. The second kappa shape index (κ2) is 6.99. The summed E-state index contributed by atoms with van der Waals surface area (Å²) < 4.78 is 0. The zero-order valence-electron chi connectivity index (χ0n) is 13.4. The number of rotatable bonds is 2. The molecule has 0 atom stereocenters. The summed E-state index contributed by atoms with van der Waals surface area (Å²) in [5.74, 6) is -0.408. The third kappa shape index (κ3) is 3.22. The van der Waals surface area contributed by atoms with E-state index in [9.17, 15) is 10.1 Å². The first-order chi connectivity index (χ1) is 13.0. The fraction of sp³-hybridized carbons (Fsp3) is 0. The number of carbonyl (C=O) groups is 1. The number of amides is 1. The molecule has 0 radical (unpaired) electrons. The van der Waals surface area contributed by atoms with E-state index in [1.165, 1.54) is 11.3 Å². The molecule has 0 spiro atoms. The highest BCUT2D eigenvalue weighted by Crippen LogP contribution is 2.43. The molecule has 0 saturated heterocycles. The Morgan fingerprint density at radius 3 is 2.56 bits per heavy atom. The van der Waals surface area contributed by atoms with E-state index in [4.69, 9.17) is 34.8 Å². The Bertz CT molecular complexity index is 1160. The average Bonchev–Trinajstić information content (AvgIpc) is 3.23. The predicted molar refractivity (Wildman–Crippen MR) is 110 cm³/mol. The molecule has 1 N–H and O–H groups in total. The van der Waals surface area contributed by atoms with E-state index in [1.54, 1.807) is 24.3 Å². The zero-order chi connectivity index (χ0) is 19.1. The number of hydrogen-bond donors (Lipinski definition) is 1. The molecular formula is C19H8Cl3N3OS. The van der Waals surface area contributed by atoms with Crippen molar-refractivity contribution in [2.45, 2.75) is 0 Å². The van der Waals surface area contributed by atoms with Crippen LogP contribution in [0.3, 0.4) is 0 Å². The Labute approximate surface area is 173 Å². The van der Waals surface area contributed by atoms with E-state index in [0.29, 0.717) is 37.0 Å². The predicted octanol–water partition coefficient (Wildman–Crippen LogP) is 6.16. The van der Waals surface area contributed by atoms with Crippen molar-refractivity contribution in [2.24, 2.45) is 0 Å². The standard InChI is InChI=1S/C19H8Cl3N3OS/c20-10-3-1-9(2-4-10)15-8-27-19(24-15)13(7-23)16-12-5-11(21)6-14(22)17(12)25-18(16)26/h1-6,8H,(H,25,26). The third-order valence-corrected chi connectivity index (χ3v) is 5.64. The maximum absolute atomic E-state index is 12.5. The minimum absolute atomic E-state index is 0.176. The number of aromatic nitrogens is 1. The van der Waals surface area contributed by atoms with Gasteiger partial charge < -0.3 is 5.32 Å². The lowest BCUT2D eigenvalue weighted by Gasteiger charge is -2.03. The first kappa shape index (κ1) is 18.0. The minimum atomic E-state index is -0.408. The molecule has 2 aromatic carbocycles. The van der Waals surface area contributed by atoms with Gasteiger partial charge in [-0.15, -0.1) is 11.3 Å². The number of anilines is 1. The molecule has 1 amide bonds. The number of benzene rings is 2. The lowest BCUT2D eigenvalue weighted by atomic mass is 10.0. The topological polar surface area (TPSA) is 65.8 Å². The smallest absolute Gasteiger partial charge is 0.257 e. The molecule has 0 unspecified atom stereocenters. The van der Waals surface area contributed by atoms with E-state index in [0.717, 1.165) is 5.56 Å². The van der Waals surface area contributed by atoms with E-state index in [-0.39, 0.29) is 11.1 Å². The Hall–Kier alpha value is -2.36. The average molecular weight is 433 g/mol. The van der Waals surface area contributed by atoms with Crippen LogP contribution in [-0.4, -0.2) is 10.9 Å². The molecule has 4 rings (SSSR count). The first-order valence-electron chi connectivity index (χ1n) is 7.65. The Balaban J connectivity index is 1.86. The van der Waals surface area contributed by atoms with Crippen molar-refractivity contribution in [3.05, 3.63) is 67.4 Å². The van der Waals surface area contributed by atoms with Gasteiger partial charge in [-0.05, 0) is 24.3 Å². The van der Waals surface area contributed by atoms with Crippen LogP contribution in [0, 0.1) is 11.3 Å². The van der Waals surface area contributed by atoms with Crippen molar-refractivity contribution in [3.63, 3.8) is 0 Å². The SMILES string of the molecule is N#CC(=C1C(=O)Nc2c(Cl)cc(Cl)cc21)c1nc(-c2ccc(Cl)cc2)cs1. The van der Waals surface area contributed by atoms with Gasteiger partial charge in [0.2, 0.25) is 0 Å². The molecule has 27 heavy (non-hydrogen) atoms. The van der Waals surface area contributed by atoms with Crippen molar-refractivity contribution in [3.8, 4) is 17.3 Å². The zero-order valence-corrected chi connectivity index (χ0v) is 16.5. The number of hydrogen-bond acceptors (Lipinski definition) is 4. The van der Waals surface area contributed by atoms with Crippen molar-refractivity contribution in [1.29, 1.82) is 5.26 Å². The van der Waals surface area contributed by atoms with Crippen LogP contribution in [0.2, 0.25) is 15.1 Å². The number of halogens is 3. The molecular weight excluding hydrogens is 425 g/mol. The number of allylic oxidation sites excluding steroid dienone is 1. The highest BCUT2D eigenvalue weighted by atomic mass is 35.5.